The first-order valence-electron chi connectivity index (χ1n) is 10.2. The molecule has 2 aliphatic heterocycles. The number of carbonyl (C=O) groups is 2. The Morgan fingerprint density at radius 2 is 1.94 bits per heavy atom. The molecule has 2 heterocycles. The molecule has 1 saturated heterocycles. The molecule has 2 aromatic rings. The van der Waals surface area contributed by atoms with Crippen LogP contribution in [0.5, 0.6) is 0 Å². The van der Waals surface area contributed by atoms with Gasteiger partial charge in [-0.2, -0.15) is 0 Å². The van der Waals surface area contributed by atoms with Gasteiger partial charge in [0, 0.05) is 34.4 Å². The Balaban J connectivity index is 1.66. The first kappa shape index (κ1) is 22.8. The molecule has 0 bridgehead atoms. The Hall–Kier alpha value is -2.38. The van der Waals surface area contributed by atoms with Crippen molar-refractivity contribution < 1.29 is 18.4 Å². The van der Waals surface area contributed by atoms with Crippen molar-refractivity contribution in [1.82, 2.24) is 4.90 Å². The lowest BCUT2D eigenvalue weighted by atomic mass is 9.80. The number of halogens is 3. The zero-order chi connectivity index (χ0) is 23.4. The molecule has 1 fully saturated rings. The largest absolute Gasteiger partial charge is 0.369 e. The van der Waals surface area contributed by atoms with Crippen molar-refractivity contribution in [3.05, 3.63) is 68.6 Å². The Kier molecular flexibility index (Phi) is 5.84. The van der Waals surface area contributed by atoms with E-state index < -0.39 is 22.8 Å². The normalized spacial score (nSPS) is 21.5. The van der Waals surface area contributed by atoms with Crippen LogP contribution in [-0.4, -0.2) is 28.6 Å². The smallest absolute Gasteiger partial charge is 0.293 e. The highest BCUT2D eigenvalue weighted by atomic mass is 35.5. The van der Waals surface area contributed by atoms with Crippen LogP contribution in [-0.2, 0) is 11.3 Å². The van der Waals surface area contributed by atoms with E-state index in [-0.39, 0.29) is 39.1 Å². The van der Waals surface area contributed by atoms with Crippen LogP contribution in [0.1, 0.15) is 49.8 Å². The molecule has 0 aromatic heterocycles. The molecule has 4 rings (SSSR count). The summed E-state index contributed by atoms with van der Waals surface area (Å²) < 4.78 is 29.1. The van der Waals surface area contributed by atoms with Crippen LogP contribution < -0.4 is 4.90 Å². The van der Waals surface area contributed by atoms with Gasteiger partial charge in [0.2, 0.25) is 0 Å². The van der Waals surface area contributed by atoms with E-state index >= 15 is 0 Å². The zero-order valence-corrected chi connectivity index (χ0v) is 19.8. The molecular formula is C24H23ClF2N2O2S. The summed E-state index contributed by atoms with van der Waals surface area (Å²) >= 11 is 6.75. The number of carbonyl (C=O) groups excluding carboxylic acids is 2. The number of hydrogen-bond acceptors (Lipinski definition) is 4. The summed E-state index contributed by atoms with van der Waals surface area (Å²) in [7, 11) is 1.95. The van der Waals surface area contributed by atoms with Gasteiger partial charge in [-0.1, -0.05) is 24.6 Å². The predicted molar refractivity (Wildman–Crippen MR) is 125 cm³/mol. The van der Waals surface area contributed by atoms with Crippen LogP contribution in [0.4, 0.5) is 19.3 Å². The second-order valence-electron chi connectivity index (χ2n) is 8.88. The third-order valence-electron chi connectivity index (χ3n) is 6.29. The van der Waals surface area contributed by atoms with Crippen LogP contribution in [0.25, 0.3) is 6.08 Å². The highest BCUT2D eigenvalue weighted by molar-refractivity contribution is 8.18. The van der Waals surface area contributed by atoms with E-state index in [0.29, 0.717) is 11.8 Å². The number of rotatable bonds is 3. The van der Waals surface area contributed by atoms with Crippen molar-refractivity contribution in [2.75, 3.05) is 11.9 Å². The van der Waals surface area contributed by atoms with E-state index in [1.165, 1.54) is 30.3 Å². The van der Waals surface area contributed by atoms with Crippen LogP contribution >= 0.6 is 23.4 Å². The molecule has 8 heteroatoms. The Labute approximate surface area is 195 Å². The average molecular weight is 477 g/mol. The standard InChI is InChI=1S/C24H23ClF2N2O2S/c1-13-11-24(2,3)28(4)20-10-19(27)14(8-15(13)20)9-21-22(30)29(23(31)32-21)12-16-17(25)6-5-7-18(16)26/h5-10,13H,11-12H2,1-4H3/b21-9+. The molecule has 2 amide bonds. The summed E-state index contributed by atoms with van der Waals surface area (Å²) in [6.07, 6.45) is 2.30. The van der Waals surface area contributed by atoms with Crippen LogP contribution in [0.2, 0.25) is 5.02 Å². The van der Waals surface area contributed by atoms with Crippen molar-refractivity contribution >= 4 is 46.3 Å². The van der Waals surface area contributed by atoms with Gasteiger partial charge in [0.15, 0.2) is 0 Å². The lowest BCUT2D eigenvalue weighted by molar-refractivity contribution is -0.123. The minimum absolute atomic E-state index is 0.0668. The Morgan fingerprint density at radius 3 is 2.62 bits per heavy atom. The van der Waals surface area contributed by atoms with Crippen LogP contribution in [0.15, 0.2) is 35.2 Å². The fraction of sp³-hybridized carbons (Fsp3) is 0.333. The summed E-state index contributed by atoms with van der Waals surface area (Å²) in [4.78, 5) is 28.4. The van der Waals surface area contributed by atoms with Gasteiger partial charge in [0.05, 0.1) is 11.4 Å². The third kappa shape index (κ3) is 3.92. The summed E-state index contributed by atoms with van der Waals surface area (Å²) in [6.45, 7) is 6.06. The minimum Gasteiger partial charge on any atom is -0.369 e. The summed E-state index contributed by atoms with van der Waals surface area (Å²) in [5, 5.41) is -0.413. The van der Waals surface area contributed by atoms with Crippen LogP contribution in [0, 0.1) is 11.6 Å². The number of fused-ring (bicyclic) bond motifs is 1. The number of amides is 2. The zero-order valence-electron chi connectivity index (χ0n) is 18.2. The number of anilines is 1. The van der Waals surface area contributed by atoms with Gasteiger partial charge in [0.1, 0.15) is 11.6 Å². The molecule has 0 spiro atoms. The molecule has 2 aliphatic rings. The number of nitrogens with zero attached hydrogens (tertiary/aromatic N) is 2. The molecule has 0 aliphatic carbocycles. The molecule has 0 saturated carbocycles. The molecule has 1 atom stereocenters. The van der Waals surface area contributed by atoms with Gasteiger partial charge in [-0.05, 0) is 73.9 Å². The lowest BCUT2D eigenvalue weighted by Crippen LogP contribution is -2.45. The number of thioether (sulfide) groups is 1. The van der Waals surface area contributed by atoms with Gasteiger partial charge >= 0.3 is 0 Å². The van der Waals surface area contributed by atoms with Gasteiger partial charge < -0.3 is 4.90 Å². The van der Waals surface area contributed by atoms with Crippen LogP contribution in [0.3, 0.4) is 0 Å². The van der Waals surface area contributed by atoms with E-state index in [1.807, 2.05) is 7.05 Å². The van der Waals surface area contributed by atoms with Crippen molar-refractivity contribution in [3.63, 3.8) is 0 Å². The minimum atomic E-state index is -0.595. The maximum Gasteiger partial charge on any atom is 0.293 e. The highest BCUT2D eigenvalue weighted by Gasteiger charge is 2.37. The quantitative estimate of drug-likeness (QED) is 0.469. The number of hydrogen-bond donors (Lipinski definition) is 0. The lowest BCUT2D eigenvalue weighted by Gasteiger charge is -2.45. The monoisotopic (exact) mass is 476 g/mol. The maximum absolute atomic E-state index is 15.0. The molecule has 32 heavy (non-hydrogen) atoms. The topological polar surface area (TPSA) is 40.6 Å². The maximum atomic E-state index is 15.0. The first-order chi connectivity index (χ1) is 15.0. The van der Waals surface area contributed by atoms with Gasteiger partial charge in [0.25, 0.3) is 11.1 Å². The summed E-state index contributed by atoms with van der Waals surface area (Å²) in [6, 6.07) is 7.41. The summed E-state index contributed by atoms with van der Waals surface area (Å²) in [5.74, 6) is -1.45. The molecule has 0 radical (unpaired) electrons. The third-order valence-corrected chi connectivity index (χ3v) is 7.55. The Morgan fingerprint density at radius 1 is 1.22 bits per heavy atom. The van der Waals surface area contributed by atoms with Crippen molar-refractivity contribution in [3.8, 4) is 0 Å². The molecule has 4 nitrogen and oxygen atoms in total. The van der Waals surface area contributed by atoms with E-state index in [9.17, 15) is 18.4 Å². The van der Waals surface area contributed by atoms with Crippen molar-refractivity contribution in [2.24, 2.45) is 0 Å². The molecule has 168 valence electrons. The molecular weight excluding hydrogens is 454 g/mol. The fourth-order valence-electron chi connectivity index (χ4n) is 4.33. The molecule has 0 N–H and O–H groups in total. The van der Waals surface area contributed by atoms with Gasteiger partial charge in [-0.3, -0.25) is 14.5 Å². The summed E-state index contributed by atoms with van der Waals surface area (Å²) in [5.41, 5.74) is 2.04. The molecule has 1 unspecified atom stereocenters. The van der Waals surface area contributed by atoms with Gasteiger partial charge in [-0.15, -0.1) is 0 Å². The van der Waals surface area contributed by atoms with E-state index in [0.717, 1.165) is 22.6 Å². The van der Waals surface area contributed by atoms with Crippen molar-refractivity contribution in [2.45, 2.75) is 45.2 Å². The van der Waals surface area contributed by atoms with E-state index in [1.54, 1.807) is 6.07 Å². The van der Waals surface area contributed by atoms with E-state index in [2.05, 4.69) is 25.7 Å². The SMILES string of the molecule is CC1CC(C)(C)N(C)c2cc(F)c(/C=C3/SC(=O)N(Cc4c(F)cccc4Cl)C3=O)cc21. The number of imide groups is 1. The highest BCUT2D eigenvalue weighted by Crippen LogP contribution is 2.44. The van der Waals surface area contributed by atoms with Crippen molar-refractivity contribution in [1.29, 1.82) is 0 Å². The predicted octanol–water partition coefficient (Wildman–Crippen LogP) is 6.58. The van der Waals surface area contributed by atoms with E-state index in [4.69, 9.17) is 11.6 Å². The first-order valence-corrected chi connectivity index (χ1v) is 11.4. The second-order valence-corrected chi connectivity index (χ2v) is 10.3. The molecule has 2 aromatic carbocycles. The fourth-order valence-corrected chi connectivity index (χ4v) is 5.39. The van der Waals surface area contributed by atoms with Gasteiger partial charge in [-0.25, -0.2) is 8.78 Å². The Bertz CT molecular complexity index is 1140. The number of benzene rings is 2. The second kappa shape index (κ2) is 8.19. The average Bonchev–Trinajstić information content (AvgIpc) is 2.97.